The predicted octanol–water partition coefficient (Wildman–Crippen LogP) is 1.48. The molecule has 0 radical (unpaired) electrons. The summed E-state index contributed by atoms with van der Waals surface area (Å²) < 4.78 is 4.88. The summed E-state index contributed by atoms with van der Waals surface area (Å²) in [7, 11) is 0. The normalized spacial score (nSPS) is 27.1. The molecule has 2 N–H and O–H groups in total. The van der Waals surface area contributed by atoms with Gasteiger partial charge in [-0.05, 0) is 48.8 Å². The van der Waals surface area contributed by atoms with Crippen LogP contribution in [0, 0.1) is 0 Å². The van der Waals surface area contributed by atoms with Crippen molar-refractivity contribution in [1.29, 1.82) is 0 Å². The summed E-state index contributed by atoms with van der Waals surface area (Å²) in [5.74, 6) is 0. The van der Waals surface area contributed by atoms with E-state index in [-0.39, 0.29) is 0 Å². The highest BCUT2D eigenvalue weighted by Gasteiger charge is 2.35. The Morgan fingerprint density at radius 1 is 1.25 bits per heavy atom. The van der Waals surface area contributed by atoms with Crippen molar-refractivity contribution in [2.75, 3.05) is 30.3 Å². The first kappa shape index (κ1) is 12.0. The second-order valence-corrected chi connectivity index (χ2v) is 5.93. The molecule has 6 heteroatoms. The van der Waals surface area contributed by atoms with E-state index in [4.69, 9.17) is 10.4 Å². The smallest absolute Gasteiger partial charge is 0.160 e. The molecule has 0 spiro atoms. The molecular formula is C14H19N5O. The van der Waals surface area contributed by atoms with Gasteiger partial charge in [0.25, 0.3) is 0 Å². The van der Waals surface area contributed by atoms with Gasteiger partial charge in [-0.2, -0.15) is 0 Å². The molecule has 6 nitrogen and oxygen atoms in total. The van der Waals surface area contributed by atoms with E-state index in [1.165, 1.54) is 19.4 Å². The monoisotopic (exact) mass is 273 g/mol. The van der Waals surface area contributed by atoms with Crippen molar-refractivity contribution >= 4 is 22.4 Å². The minimum atomic E-state index is 0.466. The third kappa shape index (κ3) is 1.67. The zero-order chi connectivity index (χ0) is 13.7. The SMILES string of the molecule is CC1CN2CCCC2CN1c1ccc(N)c2nonc12. The van der Waals surface area contributed by atoms with Gasteiger partial charge in [0.1, 0.15) is 0 Å². The number of hydrogen-bond donors (Lipinski definition) is 1. The summed E-state index contributed by atoms with van der Waals surface area (Å²) in [5, 5.41) is 7.97. The van der Waals surface area contributed by atoms with Crippen molar-refractivity contribution in [1.82, 2.24) is 15.2 Å². The Bertz CT molecular complexity index is 640. The molecule has 2 aliphatic rings. The Balaban J connectivity index is 1.75. The van der Waals surface area contributed by atoms with E-state index in [0.717, 1.165) is 24.3 Å². The summed E-state index contributed by atoms with van der Waals surface area (Å²) in [4.78, 5) is 5.04. The molecule has 2 fully saturated rings. The van der Waals surface area contributed by atoms with Gasteiger partial charge in [0.05, 0.1) is 11.4 Å². The molecule has 20 heavy (non-hydrogen) atoms. The van der Waals surface area contributed by atoms with E-state index in [9.17, 15) is 0 Å². The maximum atomic E-state index is 5.93. The van der Waals surface area contributed by atoms with Crippen molar-refractivity contribution in [2.24, 2.45) is 0 Å². The van der Waals surface area contributed by atoms with Crippen LogP contribution in [0.1, 0.15) is 19.8 Å². The number of nitrogen functional groups attached to an aromatic ring is 1. The average Bonchev–Trinajstić information content (AvgIpc) is 3.07. The fourth-order valence-corrected chi connectivity index (χ4v) is 3.63. The Kier molecular flexibility index (Phi) is 2.60. The molecule has 2 aliphatic heterocycles. The highest BCUT2D eigenvalue weighted by molar-refractivity contribution is 5.95. The fourth-order valence-electron chi connectivity index (χ4n) is 3.63. The number of fused-ring (bicyclic) bond motifs is 2. The maximum Gasteiger partial charge on any atom is 0.160 e. The summed E-state index contributed by atoms with van der Waals surface area (Å²) in [6.45, 7) is 5.67. The number of rotatable bonds is 1. The van der Waals surface area contributed by atoms with Gasteiger partial charge in [-0.15, -0.1) is 0 Å². The number of anilines is 2. The van der Waals surface area contributed by atoms with E-state index in [1.807, 2.05) is 12.1 Å². The second kappa shape index (κ2) is 4.34. The molecule has 1 aromatic heterocycles. The summed E-state index contributed by atoms with van der Waals surface area (Å²) >= 11 is 0. The molecule has 2 atom stereocenters. The summed E-state index contributed by atoms with van der Waals surface area (Å²) in [6, 6.07) is 5.07. The molecule has 106 valence electrons. The minimum Gasteiger partial charge on any atom is -0.397 e. The van der Waals surface area contributed by atoms with Crippen LogP contribution in [-0.2, 0) is 0 Å². The molecular weight excluding hydrogens is 254 g/mol. The number of benzene rings is 1. The summed E-state index contributed by atoms with van der Waals surface area (Å²) in [5.41, 5.74) is 9.10. The molecule has 3 heterocycles. The number of nitrogens with two attached hydrogens (primary N) is 1. The zero-order valence-corrected chi connectivity index (χ0v) is 11.6. The van der Waals surface area contributed by atoms with Gasteiger partial charge in [0.15, 0.2) is 11.0 Å². The number of hydrogen-bond acceptors (Lipinski definition) is 6. The molecule has 0 saturated carbocycles. The van der Waals surface area contributed by atoms with Crippen LogP contribution in [0.5, 0.6) is 0 Å². The second-order valence-electron chi connectivity index (χ2n) is 5.93. The van der Waals surface area contributed by atoms with Crippen LogP contribution in [-0.4, -0.2) is 46.9 Å². The van der Waals surface area contributed by atoms with Crippen molar-refractivity contribution in [3.8, 4) is 0 Å². The highest BCUT2D eigenvalue weighted by Crippen LogP contribution is 2.33. The van der Waals surface area contributed by atoms with Gasteiger partial charge in [-0.1, -0.05) is 0 Å². The quantitative estimate of drug-likeness (QED) is 0.793. The van der Waals surface area contributed by atoms with Crippen LogP contribution in [0.4, 0.5) is 11.4 Å². The molecule has 2 saturated heterocycles. The van der Waals surface area contributed by atoms with Crippen molar-refractivity contribution in [2.45, 2.75) is 31.8 Å². The highest BCUT2D eigenvalue weighted by atomic mass is 16.6. The van der Waals surface area contributed by atoms with Crippen LogP contribution >= 0.6 is 0 Å². The fraction of sp³-hybridized carbons (Fsp3) is 0.571. The largest absolute Gasteiger partial charge is 0.397 e. The third-order valence-corrected chi connectivity index (χ3v) is 4.67. The van der Waals surface area contributed by atoms with E-state index in [0.29, 0.717) is 23.3 Å². The number of aromatic nitrogens is 2. The first-order valence-electron chi connectivity index (χ1n) is 7.25. The van der Waals surface area contributed by atoms with Crippen LogP contribution < -0.4 is 10.6 Å². The van der Waals surface area contributed by atoms with Gasteiger partial charge in [-0.25, -0.2) is 4.63 Å². The molecule has 2 unspecified atom stereocenters. The van der Waals surface area contributed by atoms with E-state index < -0.39 is 0 Å². The molecule has 0 bridgehead atoms. The molecule has 0 amide bonds. The lowest BCUT2D eigenvalue weighted by molar-refractivity contribution is 0.203. The van der Waals surface area contributed by atoms with Crippen molar-refractivity contribution < 1.29 is 4.63 Å². The number of piperazine rings is 1. The Hall–Kier alpha value is -1.82. The van der Waals surface area contributed by atoms with E-state index in [2.05, 4.69) is 27.0 Å². The van der Waals surface area contributed by atoms with Crippen LogP contribution in [0.25, 0.3) is 11.0 Å². The van der Waals surface area contributed by atoms with Crippen LogP contribution in [0.2, 0.25) is 0 Å². The first-order valence-corrected chi connectivity index (χ1v) is 7.25. The van der Waals surface area contributed by atoms with Crippen LogP contribution in [0.3, 0.4) is 0 Å². The summed E-state index contributed by atoms with van der Waals surface area (Å²) in [6.07, 6.45) is 2.60. The molecule has 4 rings (SSSR count). The zero-order valence-electron chi connectivity index (χ0n) is 11.6. The molecule has 0 aliphatic carbocycles. The van der Waals surface area contributed by atoms with E-state index in [1.54, 1.807) is 0 Å². The van der Waals surface area contributed by atoms with Crippen molar-refractivity contribution in [3.05, 3.63) is 12.1 Å². The lowest BCUT2D eigenvalue weighted by atomic mass is 10.1. The van der Waals surface area contributed by atoms with Crippen molar-refractivity contribution in [3.63, 3.8) is 0 Å². The Labute approximate surface area is 117 Å². The first-order chi connectivity index (χ1) is 9.74. The van der Waals surface area contributed by atoms with Gasteiger partial charge in [0.2, 0.25) is 0 Å². The van der Waals surface area contributed by atoms with Gasteiger partial charge < -0.3 is 10.6 Å². The Morgan fingerprint density at radius 3 is 3.00 bits per heavy atom. The number of nitrogens with zero attached hydrogens (tertiary/aromatic N) is 4. The molecule has 1 aromatic carbocycles. The lowest BCUT2D eigenvalue weighted by Crippen LogP contribution is -2.55. The Morgan fingerprint density at radius 2 is 2.10 bits per heavy atom. The molecule has 2 aromatic rings. The topological polar surface area (TPSA) is 71.4 Å². The van der Waals surface area contributed by atoms with Gasteiger partial charge >= 0.3 is 0 Å². The van der Waals surface area contributed by atoms with Gasteiger partial charge in [0, 0.05) is 25.2 Å². The van der Waals surface area contributed by atoms with Gasteiger partial charge in [-0.3, -0.25) is 4.90 Å². The lowest BCUT2D eigenvalue weighted by Gasteiger charge is -2.43. The standard InChI is InChI=1S/C14H19N5O/c1-9-7-18-6-2-3-10(18)8-19(9)12-5-4-11(15)13-14(12)17-20-16-13/h4-5,9-10H,2-3,6-8,15H2,1H3. The van der Waals surface area contributed by atoms with Crippen LogP contribution in [0.15, 0.2) is 16.8 Å². The maximum absolute atomic E-state index is 5.93. The predicted molar refractivity (Wildman–Crippen MR) is 77.6 cm³/mol. The third-order valence-electron chi connectivity index (χ3n) is 4.67. The minimum absolute atomic E-state index is 0.466. The average molecular weight is 273 g/mol. The van der Waals surface area contributed by atoms with E-state index >= 15 is 0 Å².